The Kier molecular flexibility index (Phi) is 9.63. The third kappa shape index (κ3) is 7.67. The Bertz CT molecular complexity index is 1840. The van der Waals surface area contributed by atoms with E-state index in [1.165, 1.54) is 17.7 Å². The predicted octanol–water partition coefficient (Wildman–Crippen LogP) is 7.18. The van der Waals surface area contributed by atoms with Crippen LogP contribution in [0.3, 0.4) is 0 Å². The van der Waals surface area contributed by atoms with Crippen LogP contribution in [0, 0.1) is 18.8 Å². The maximum atomic E-state index is 14.1. The molecule has 5 aromatic rings. The lowest BCUT2D eigenvalue weighted by Crippen LogP contribution is -2.17. The largest absolute Gasteiger partial charge is 0.487 e. The summed E-state index contributed by atoms with van der Waals surface area (Å²) in [5.41, 5.74) is 2.29. The molecule has 0 bridgehead atoms. The number of nitrogens with one attached hydrogen (secondary N) is 1. The van der Waals surface area contributed by atoms with Gasteiger partial charge in [0.25, 0.3) is 0 Å². The average Bonchev–Trinajstić information content (AvgIpc) is 2.98. The highest BCUT2D eigenvalue weighted by Crippen LogP contribution is 2.41. The third-order valence-electron chi connectivity index (χ3n) is 6.40. The molecule has 2 aromatic heterocycles. The number of rotatable bonds is 6. The van der Waals surface area contributed by atoms with Gasteiger partial charge in [-0.3, -0.25) is 9.97 Å². The lowest BCUT2D eigenvalue weighted by Gasteiger charge is -2.17. The number of hydrogen-bond acceptors (Lipinski definition) is 5. The number of benzene rings is 3. The van der Waals surface area contributed by atoms with Gasteiger partial charge < -0.3 is 4.74 Å². The molecule has 0 saturated heterocycles. The molecule has 43 heavy (non-hydrogen) atoms. The van der Waals surface area contributed by atoms with Gasteiger partial charge in [-0.2, -0.15) is 18.2 Å². The van der Waals surface area contributed by atoms with E-state index in [1.807, 2.05) is 24.3 Å². The molecule has 0 amide bonds. The van der Waals surface area contributed by atoms with Gasteiger partial charge in [-0.15, -0.1) is 12.4 Å². The minimum atomic E-state index is -4.74. The molecule has 0 saturated carbocycles. The van der Waals surface area contributed by atoms with Crippen LogP contribution >= 0.6 is 12.4 Å². The van der Waals surface area contributed by atoms with Crippen molar-refractivity contribution in [1.82, 2.24) is 19.9 Å². The molecule has 2 heterocycles. The van der Waals surface area contributed by atoms with Gasteiger partial charge in [0.05, 0.1) is 16.8 Å². The fourth-order valence-electron chi connectivity index (χ4n) is 4.27. The number of aromatic nitrogens is 4. The number of alkyl halides is 3. The Labute approximate surface area is 252 Å². The SMILES string of the molecule is CCc1ccc(C#Cc2ccc(-c3nc(-c4c(OCc5cccc(C)n5)cccc4C(F)(F)F)[nH]c(=O)n3)cc2)cc1.Cl. The van der Waals surface area contributed by atoms with E-state index in [0.717, 1.165) is 23.7 Å². The standard InChI is InChI=1S/C33H25F3N4O2.ClH/c1-3-22-10-12-23(13-11-22)14-15-24-16-18-25(19-17-24)30-38-31(40-32(41)39-30)29-27(33(34,35)36)8-5-9-28(29)42-20-26-7-4-6-21(2)37-26;/h4-13,16-19H,3,20H2,1-2H3,(H,38,39,40,41);1H. The van der Waals surface area contributed by atoms with Gasteiger partial charge in [0.1, 0.15) is 18.2 Å². The normalized spacial score (nSPS) is 10.8. The van der Waals surface area contributed by atoms with Crippen molar-refractivity contribution in [3.05, 3.63) is 129 Å². The van der Waals surface area contributed by atoms with Crippen LogP contribution in [-0.2, 0) is 19.2 Å². The van der Waals surface area contributed by atoms with Crippen molar-refractivity contribution in [2.75, 3.05) is 0 Å². The van der Waals surface area contributed by atoms with E-state index in [0.29, 0.717) is 16.8 Å². The summed E-state index contributed by atoms with van der Waals surface area (Å²) < 4.78 is 48.1. The van der Waals surface area contributed by atoms with Crippen molar-refractivity contribution in [1.29, 1.82) is 0 Å². The van der Waals surface area contributed by atoms with E-state index in [-0.39, 0.29) is 36.4 Å². The Balaban J connectivity index is 0.00000423. The molecule has 3 aromatic carbocycles. The highest BCUT2D eigenvalue weighted by molar-refractivity contribution is 5.85. The van der Waals surface area contributed by atoms with E-state index >= 15 is 0 Å². The monoisotopic (exact) mass is 602 g/mol. The van der Waals surface area contributed by atoms with Crippen molar-refractivity contribution in [3.63, 3.8) is 0 Å². The van der Waals surface area contributed by atoms with Crippen LogP contribution in [0.25, 0.3) is 22.8 Å². The highest BCUT2D eigenvalue weighted by atomic mass is 35.5. The molecular weight excluding hydrogens is 577 g/mol. The lowest BCUT2D eigenvalue weighted by atomic mass is 10.0. The zero-order valence-electron chi connectivity index (χ0n) is 23.2. The molecule has 10 heteroatoms. The van der Waals surface area contributed by atoms with Gasteiger partial charge in [0.15, 0.2) is 5.82 Å². The molecule has 0 unspecified atom stereocenters. The molecule has 1 N–H and O–H groups in total. The van der Waals surface area contributed by atoms with Crippen LogP contribution in [0.2, 0.25) is 0 Å². The summed E-state index contributed by atoms with van der Waals surface area (Å²) in [6.07, 6.45) is -3.79. The zero-order chi connectivity index (χ0) is 29.7. The van der Waals surface area contributed by atoms with Gasteiger partial charge in [-0.1, -0.05) is 43.0 Å². The Morgan fingerprint density at radius 1 is 0.837 bits per heavy atom. The zero-order valence-corrected chi connectivity index (χ0v) is 24.0. The van der Waals surface area contributed by atoms with Crippen LogP contribution in [0.5, 0.6) is 5.75 Å². The van der Waals surface area contributed by atoms with Crippen molar-refractivity contribution in [2.45, 2.75) is 33.1 Å². The summed E-state index contributed by atoms with van der Waals surface area (Å²) in [4.78, 5) is 27.5. The summed E-state index contributed by atoms with van der Waals surface area (Å²) in [6.45, 7) is 3.81. The number of aromatic amines is 1. The molecule has 5 rings (SSSR count). The van der Waals surface area contributed by atoms with Crippen LogP contribution in [0.15, 0.2) is 89.7 Å². The van der Waals surface area contributed by atoms with Crippen molar-refractivity contribution >= 4 is 12.4 Å². The minimum Gasteiger partial charge on any atom is -0.487 e. The Hall–Kier alpha value is -4.94. The number of aryl methyl sites for hydroxylation is 2. The molecule has 0 fully saturated rings. The molecule has 0 radical (unpaired) electrons. The second kappa shape index (κ2) is 13.4. The second-order valence-electron chi connectivity index (χ2n) is 9.44. The first-order chi connectivity index (χ1) is 20.2. The van der Waals surface area contributed by atoms with Crippen LogP contribution in [0.4, 0.5) is 13.2 Å². The van der Waals surface area contributed by atoms with Gasteiger partial charge in [0, 0.05) is 22.4 Å². The summed E-state index contributed by atoms with van der Waals surface area (Å²) >= 11 is 0. The van der Waals surface area contributed by atoms with Gasteiger partial charge in [0.2, 0.25) is 0 Å². The summed E-state index contributed by atoms with van der Waals surface area (Å²) in [6, 6.07) is 23.6. The first kappa shape index (κ1) is 31.0. The highest BCUT2D eigenvalue weighted by Gasteiger charge is 2.36. The fourth-order valence-corrected chi connectivity index (χ4v) is 4.27. The van der Waals surface area contributed by atoms with Gasteiger partial charge in [-0.05, 0) is 79.6 Å². The smallest absolute Gasteiger partial charge is 0.417 e. The number of H-pyrrole nitrogens is 1. The molecule has 0 aliphatic heterocycles. The number of hydrogen-bond donors (Lipinski definition) is 1. The number of ether oxygens (including phenoxy) is 1. The summed E-state index contributed by atoms with van der Waals surface area (Å²) in [5.74, 6) is 5.73. The molecule has 0 atom stereocenters. The number of nitrogens with zero attached hydrogens (tertiary/aromatic N) is 3. The van der Waals surface area contributed by atoms with Gasteiger partial charge >= 0.3 is 11.9 Å². The van der Waals surface area contributed by atoms with E-state index < -0.39 is 23.0 Å². The first-order valence-corrected chi connectivity index (χ1v) is 13.2. The topological polar surface area (TPSA) is 80.8 Å². The molecule has 6 nitrogen and oxygen atoms in total. The minimum absolute atomic E-state index is 0. The van der Waals surface area contributed by atoms with Crippen molar-refractivity contribution in [2.24, 2.45) is 0 Å². The third-order valence-corrected chi connectivity index (χ3v) is 6.40. The average molecular weight is 603 g/mol. The van der Waals surface area contributed by atoms with Crippen molar-refractivity contribution in [3.8, 4) is 40.4 Å². The van der Waals surface area contributed by atoms with Gasteiger partial charge in [-0.25, -0.2) is 9.78 Å². The predicted molar refractivity (Wildman–Crippen MR) is 161 cm³/mol. The quantitative estimate of drug-likeness (QED) is 0.208. The van der Waals surface area contributed by atoms with Crippen molar-refractivity contribution < 1.29 is 17.9 Å². The van der Waals surface area contributed by atoms with Crippen LogP contribution < -0.4 is 10.4 Å². The summed E-state index contributed by atoms with van der Waals surface area (Å²) in [7, 11) is 0. The molecule has 0 aliphatic carbocycles. The van der Waals surface area contributed by atoms with E-state index in [4.69, 9.17) is 4.74 Å². The first-order valence-electron chi connectivity index (χ1n) is 13.2. The van der Waals surface area contributed by atoms with Crippen LogP contribution in [-0.4, -0.2) is 19.9 Å². The van der Waals surface area contributed by atoms with E-state index in [2.05, 4.69) is 38.7 Å². The Morgan fingerprint density at radius 2 is 1.49 bits per heavy atom. The van der Waals surface area contributed by atoms with Crippen LogP contribution in [0.1, 0.15) is 40.6 Å². The Morgan fingerprint density at radius 3 is 2.12 bits per heavy atom. The lowest BCUT2D eigenvalue weighted by molar-refractivity contribution is -0.137. The molecule has 0 spiro atoms. The van der Waals surface area contributed by atoms with E-state index in [1.54, 1.807) is 49.4 Å². The maximum absolute atomic E-state index is 14.1. The summed E-state index contributed by atoms with van der Waals surface area (Å²) in [5, 5.41) is 0. The molecular formula is C33H26ClF3N4O2. The maximum Gasteiger partial charge on any atom is 0.417 e. The second-order valence-corrected chi connectivity index (χ2v) is 9.44. The fraction of sp³-hybridized carbons (Fsp3) is 0.152. The van der Waals surface area contributed by atoms with E-state index in [9.17, 15) is 18.0 Å². The molecule has 0 aliphatic rings. The number of halogens is 4. The number of pyridine rings is 1. The molecule has 218 valence electrons.